The fraction of sp³-hybridized carbons (Fsp3) is 0.146. The molecule has 7 heteroatoms. The molecule has 3 aliphatic rings. The Kier molecular flexibility index (Phi) is 6.70. The first kappa shape index (κ1) is 29.6. The number of ketones is 1. The van der Waals surface area contributed by atoms with E-state index in [0.717, 1.165) is 16.0 Å². The summed E-state index contributed by atoms with van der Waals surface area (Å²) in [6, 6.07) is 38.9. The fourth-order valence-corrected chi connectivity index (χ4v) is 8.48. The molecule has 2 fully saturated rings. The molecule has 0 spiro atoms. The molecule has 0 unspecified atom stereocenters. The summed E-state index contributed by atoms with van der Waals surface area (Å²) in [5.41, 5.74) is 1.21. The molecule has 5 aromatic carbocycles. The number of carbonyl (C=O) groups excluding carboxylic acids is 3. The van der Waals surface area contributed by atoms with Crippen molar-refractivity contribution in [3.8, 4) is 11.5 Å². The Bertz CT molecular complexity index is 1980. The summed E-state index contributed by atoms with van der Waals surface area (Å²) < 4.78 is 25.1. The minimum atomic E-state index is -1.55. The third-order valence-electron chi connectivity index (χ3n) is 10.3. The Morgan fingerprint density at radius 1 is 0.542 bits per heavy atom. The summed E-state index contributed by atoms with van der Waals surface area (Å²) in [6.45, 7) is 0. The molecule has 2 aliphatic carbocycles. The topological polar surface area (TPSA) is 72.9 Å². The molecule has 1 saturated heterocycles. The number of ether oxygens (including phenoxy) is 2. The fourth-order valence-electron chi connectivity index (χ4n) is 8.48. The Hall–Kier alpha value is -5.82. The van der Waals surface area contributed by atoms with Crippen molar-refractivity contribution >= 4 is 34.4 Å². The lowest BCUT2D eigenvalue weighted by molar-refractivity contribution is -0.130. The molecule has 1 saturated carbocycles. The van der Waals surface area contributed by atoms with Gasteiger partial charge < -0.3 is 9.47 Å². The van der Waals surface area contributed by atoms with Crippen LogP contribution in [0.4, 0.5) is 10.1 Å². The average molecular weight is 636 g/mol. The third-order valence-corrected chi connectivity index (χ3v) is 10.3. The molecule has 8 rings (SSSR count). The molecule has 48 heavy (non-hydrogen) atoms. The lowest BCUT2D eigenvalue weighted by Gasteiger charge is -2.39. The number of Topliss-reactive ketones (excluding diaryl/α,β-unsaturated/α-hetero) is 1. The Balaban J connectivity index is 1.54. The highest BCUT2D eigenvalue weighted by Gasteiger charge is 2.82. The number of nitrogens with zero attached hydrogens (tertiary/aromatic N) is 1. The van der Waals surface area contributed by atoms with Gasteiger partial charge >= 0.3 is 0 Å². The number of allylic oxidation sites excluding steroid dienone is 2. The summed E-state index contributed by atoms with van der Waals surface area (Å²) >= 11 is 0. The standard InChI is InChI=1S/C41H30FNO5/c1-47-31-21-13-25(14-22-31)33-34(26-15-23-32(48-2)24-16-26)41(28-11-7-4-8-12-28)36-35(40(33,39(41)46)27-9-5-3-6-10-27)37(44)43(38(36)45)30-19-17-29(42)18-20-30/h3-24,35-36H,1-2H3/t35-,36+,40-,41+. The average Bonchev–Trinajstić information content (AvgIpc) is 3.65. The number of benzene rings is 5. The molecule has 2 bridgehead atoms. The summed E-state index contributed by atoms with van der Waals surface area (Å²) in [7, 11) is 3.18. The van der Waals surface area contributed by atoms with Gasteiger partial charge in [-0.2, -0.15) is 0 Å². The van der Waals surface area contributed by atoms with Crippen molar-refractivity contribution in [1.82, 2.24) is 0 Å². The predicted octanol–water partition coefficient (Wildman–Crippen LogP) is 7.03. The van der Waals surface area contributed by atoms with E-state index in [0.29, 0.717) is 33.8 Å². The second kappa shape index (κ2) is 10.9. The Morgan fingerprint density at radius 3 is 1.31 bits per heavy atom. The zero-order valence-electron chi connectivity index (χ0n) is 26.2. The van der Waals surface area contributed by atoms with Crippen LogP contribution >= 0.6 is 0 Å². The van der Waals surface area contributed by atoms with Crippen LogP contribution in [0.5, 0.6) is 11.5 Å². The molecular formula is C41H30FNO5. The molecular weight excluding hydrogens is 605 g/mol. The van der Waals surface area contributed by atoms with Crippen LogP contribution in [0.1, 0.15) is 22.3 Å². The number of hydrogen-bond donors (Lipinski definition) is 0. The summed E-state index contributed by atoms with van der Waals surface area (Å²) in [4.78, 5) is 47.1. The number of fused-ring (bicyclic) bond motifs is 5. The molecule has 5 aromatic rings. The van der Waals surface area contributed by atoms with Crippen LogP contribution in [0.2, 0.25) is 0 Å². The molecule has 6 nitrogen and oxygen atoms in total. The van der Waals surface area contributed by atoms with Crippen molar-refractivity contribution < 1.29 is 28.2 Å². The third kappa shape index (κ3) is 3.75. The SMILES string of the molecule is COc1ccc(C2=C(c3ccc(OC)cc3)[C@@]3(c4ccccc4)C(=O)[C@]2(c2ccccc2)[C@@H]2C(=O)N(c4ccc(F)cc4)C(=O)[C@@H]23)cc1. The molecule has 0 N–H and O–H groups in total. The number of hydrogen-bond acceptors (Lipinski definition) is 5. The highest BCUT2D eigenvalue weighted by molar-refractivity contribution is 6.39. The maximum atomic E-state index is 16.0. The zero-order valence-corrected chi connectivity index (χ0v) is 26.2. The Morgan fingerprint density at radius 2 is 0.938 bits per heavy atom. The van der Waals surface area contributed by atoms with E-state index in [1.165, 1.54) is 24.3 Å². The Labute approximate surface area is 277 Å². The van der Waals surface area contributed by atoms with E-state index in [1.54, 1.807) is 14.2 Å². The van der Waals surface area contributed by atoms with Crippen LogP contribution < -0.4 is 14.4 Å². The van der Waals surface area contributed by atoms with Crippen LogP contribution in [-0.4, -0.2) is 31.8 Å². The minimum Gasteiger partial charge on any atom is -0.497 e. The number of anilines is 1. The molecule has 236 valence electrons. The molecule has 1 heterocycles. The number of rotatable bonds is 7. The van der Waals surface area contributed by atoms with Crippen molar-refractivity contribution in [2.24, 2.45) is 11.8 Å². The predicted molar refractivity (Wildman–Crippen MR) is 180 cm³/mol. The maximum absolute atomic E-state index is 16.0. The smallest absolute Gasteiger partial charge is 0.239 e. The summed E-state index contributed by atoms with van der Waals surface area (Å²) in [6.07, 6.45) is 0. The van der Waals surface area contributed by atoms with E-state index < -0.39 is 40.3 Å². The zero-order chi connectivity index (χ0) is 33.2. The van der Waals surface area contributed by atoms with Gasteiger partial charge in [0, 0.05) is 0 Å². The van der Waals surface area contributed by atoms with Crippen LogP contribution in [0.15, 0.2) is 133 Å². The van der Waals surface area contributed by atoms with E-state index >= 15 is 4.79 Å². The molecule has 1 aliphatic heterocycles. The normalized spacial score (nSPS) is 24.3. The van der Waals surface area contributed by atoms with Crippen molar-refractivity contribution in [2.45, 2.75) is 10.8 Å². The number of imide groups is 1. The quantitative estimate of drug-likeness (QED) is 0.180. The number of methoxy groups -OCH3 is 2. The van der Waals surface area contributed by atoms with Gasteiger partial charge in [0.1, 0.15) is 17.3 Å². The van der Waals surface area contributed by atoms with E-state index in [9.17, 15) is 14.0 Å². The van der Waals surface area contributed by atoms with Gasteiger partial charge in [0.15, 0.2) is 5.78 Å². The first-order valence-corrected chi connectivity index (χ1v) is 15.7. The van der Waals surface area contributed by atoms with Crippen LogP contribution in [-0.2, 0) is 25.2 Å². The van der Waals surface area contributed by atoms with E-state index in [-0.39, 0.29) is 11.5 Å². The van der Waals surface area contributed by atoms with Gasteiger partial charge in [-0.25, -0.2) is 9.29 Å². The van der Waals surface area contributed by atoms with Crippen LogP contribution in [0.25, 0.3) is 11.1 Å². The number of carbonyl (C=O) groups is 3. The number of amides is 2. The second-order valence-electron chi connectivity index (χ2n) is 12.3. The lowest BCUT2D eigenvalue weighted by atomic mass is 9.59. The van der Waals surface area contributed by atoms with Crippen molar-refractivity contribution in [3.63, 3.8) is 0 Å². The highest BCUT2D eigenvalue weighted by Crippen LogP contribution is 2.74. The maximum Gasteiger partial charge on any atom is 0.239 e. The largest absolute Gasteiger partial charge is 0.497 e. The van der Waals surface area contributed by atoms with Crippen LogP contribution in [0, 0.1) is 17.7 Å². The molecule has 0 radical (unpaired) electrons. The molecule has 2 amide bonds. The van der Waals surface area contributed by atoms with Gasteiger partial charge in [0.05, 0.1) is 42.6 Å². The first-order valence-electron chi connectivity index (χ1n) is 15.7. The van der Waals surface area contributed by atoms with Gasteiger partial charge in [-0.15, -0.1) is 0 Å². The van der Waals surface area contributed by atoms with Gasteiger partial charge in [0.25, 0.3) is 0 Å². The van der Waals surface area contributed by atoms with Crippen molar-refractivity contribution in [2.75, 3.05) is 19.1 Å². The highest BCUT2D eigenvalue weighted by atomic mass is 19.1. The lowest BCUT2D eigenvalue weighted by Crippen LogP contribution is -2.45. The molecule has 4 atom stereocenters. The van der Waals surface area contributed by atoms with E-state index in [4.69, 9.17) is 9.47 Å². The van der Waals surface area contributed by atoms with Gasteiger partial charge in [-0.3, -0.25) is 14.4 Å². The van der Waals surface area contributed by atoms with E-state index in [2.05, 4.69) is 0 Å². The van der Waals surface area contributed by atoms with E-state index in [1.807, 2.05) is 109 Å². The van der Waals surface area contributed by atoms with Gasteiger partial charge in [0.2, 0.25) is 11.8 Å². The monoisotopic (exact) mass is 635 g/mol. The van der Waals surface area contributed by atoms with Crippen molar-refractivity contribution in [3.05, 3.63) is 162 Å². The van der Waals surface area contributed by atoms with Gasteiger partial charge in [-0.1, -0.05) is 84.9 Å². The van der Waals surface area contributed by atoms with Crippen molar-refractivity contribution in [1.29, 1.82) is 0 Å². The van der Waals surface area contributed by atoms with Crippen LogP contribution in [0.3, 0.4) is 0 Å². The molecule has 0 aromatic heterocycles. The second-order valence-corrected chi connectivity index (χ2v) is 12.3. The summed E-state index contributed by atoms with van der Waals surface area (Å²) in [5, 5.41) is 0. The number of halogens is 1. The minimum absolute atomic E-state index is 0.223. The first-order chi connectivity index (χ1) is 23.4. The van der Waals surface area contributed by atoms with Gasteiger partial charge in [-0.05, 0) is 81.9 Å². The summed E-state index contributed by atoms with van der Waals surface area (Å²) in [5.74, 6) is -2.58.